The summed E-state index contributed by atoms with van der Waals surface area (Å²) in [5, 5.41) is 4.88. The zero-order valence-corrected chi connectivity index (χ0v) is 18.8. The molecule has 0 N–H and O–H groups in total. The van der Waals surface area contributed by atoms with Crippen molar-refractivity contribution in [1.29, 1.82) is 0 Å². The van der Waals surface area contributed by atoms with E-state index < -0.39 is 0 Å². The highest BCUT2D eigenvalue weighted by Gasteiger charge is 2.27. The first-order chi connectivity index (χ1) is 16.9. The molecular formula is C30H17NO2S. The number of furan rings is 1. The molecule has 1 aliphatic heterocycles. The van der Waals surface area contributed by atoms with Crippen molar-refractivity contribution in [2.75, 3.05) is 4.90 Å². The lowest BCUT2D eigenvalue weighted by Gasteiger charge is -2.33. The lowest BCUT2D eigenvalue weighted by atomic mass is 10.1. The van der Waals surface area contributed by atoms with Crippen molar-refractivity contribution in [3.8, 4) is 11.5 Å². The van der Waals surface area contributed by atoms with Crippen LogP contribution in [0.15, 0.2) is 108 Å². The van der Waals surface area contributed by atoms with Crippen molar-refractivity contribution >= 4 is 70.5 Å². The van der Waals surface area contributed by atoms with Gasteiger partial charge < -0.3 is 14.1 Å². The SMILES string of the molecule is c1ccc2c(c1)Oc1ccccc1N2c1cccc2c1sc1c2ccc2oc3ccccc3c21. The fraction of sp³-hybridized carbons (Fsp3) is 0. The quantitative estimate of drug-likeness (QED) is 0.246. The summed E-state index contributed by atoms with van der Waals surface area (Å²) < 4.78 is 14.9. The van der Waals surface area contributed by atoms with Crippen molar-refractivity contribution in [1.82, 2.24) is 0 Å². The average molecular weight is 456 g/mol. The van der Waals surface area contributed by atoms with Gasteiger partial charge in [-0.25, -0.2) is 0 Å². The van der Waals surface area contributed by atoms with Crippen molar-refractivity contribution in [3.63, 3.8) is 0 Å². The third-order valence-electron chi connectivity index (χ3n) is 6.66. The molecular weight excluding hydrogens is 438 g/mol. The molecule has 34 heavy (non-hydrogen) atoms. The second kappa shape index (κ2) is 6.62. The van der Waals surface area contributed by atoms with Gasteiger partial charge in [0.2, 0.25) is 0 Å². The first kappa shape index (κ1) is 18.2. The summed E-state index contributed by atoms with van der Waals surface area (Å²) in [6.07, 6.45) is 0. The molecule has 2 aromatic heterocycles. The van der Waals surface area contributed by atoms with Crippen molar-refractivity contribution in [2.45, 2.75) is 0 Å². The smallest absolute Gasteiger partial charge is 0.151 e. The van der Waals surface area contributed by atoms with E-state index in [0.29, 0.717) is 0 Å². The van der Waals surface area contributed by atoms with Crippen LogP contribution in [0, 0.1) is 0 Å². The first-order valence-electron chi connectivity index (χ1n) is 11.3. The maximum absolute atomic E-state index is 6.24. The van der Waals surface area contributed by atoms with Gasteiger partial charge in [-0.2, -0.15) is 0 Å². The number of para-hydroxylation sites is 5. The molecule has 3 heterocycles. The molecule has 3 nitrogen and oxygen atoms in total. The van der Waals surface area contributed by atoms with Crippen LogP contribution in [0.4, 0.5) is 17.1 Å². The van der Waals surface area contributed by atoms with Crippen LogP contribution in [0.3, 0.4) is 0 Å². The van der Waals surface area contributed by atoms with Crippen LogP contribution in [0.5, 0.6) is 11.5 Å². The standard InChI is InChI=1S/C30H17NO2S/c1-4-13-24-20(8-1)28-27(32-24)17-16-19-18-9-7-12-23(29(18)34-30(19)28)31-21-10-2-5-14-25(21)33-26-15-6-3-11-22(26)31/h1-17H. The Hall–Kier alpha value is -4.28. The maximum atomic E-state index is 6.24. The summed E-state index contributed by atoms with van der Waals surface area (Å²) in [6, 6.07) is 35.7. The third-order valence-corrected chi connectivity index (χ3v) is 7.92. The second-order valence-corrected chi connectivity index (χ2v) is 9.56. The van der Waals surface area contributed by atoms with E-state index in [0.717, 1.165) is 39.7 Å². The second-order valence-electron chi connectivity index (χ2n) is 8.54. The molecule has 8 rings (SSSR count). The largest absolute Gasteiger partial charge is 0.456 e. The fourth-order valence-corrected chi connectivity index (χ4v) is 6.55. The maximum Gasteiger partial charge on any atom is 0.151 e. The topological polar surface area (TPSA) is 25.6 Å². The molecule has 0 unspecified atom stereocenters. The van der Waals surface area contributed by atoms with E-state index in [1.165, 1.54) is 30.9 Å². The first-order valence-corrected chi connectivity index (χ1v) is 12.1. The molecule has 0 atom stereocenters. The molecule has 0 saturated carbocycles. The van der Waals surface area contributed by atoms with Gasteiger partial charge in [0.15, 0.2) is 11.5 Å². The fourth-order valence-electron chi connectivity index (χ4n) is 5.19. The van der Waals surface area contributed by atoms with Gasteiger partial charge in [-0.05, 0) is 48.5 Å². The van der Waals surface area contributed by atoms with Gasteiger partial charge >= 0.3 is 0 Å². The summed E-state index contributed by atoms with van der Waals surface area (Å²) in [6.45, 7) is 0. The molecule has 0 bridgehead atoms. The predicted molar refractivity (Wildman–Crippen MR) is 141 cm³/mol. The molecule has 5 aromatic carbocycles. The van der Waals surface area contributed by atoms with Crippen LogP contribution in [-0.4, -0.2) is 0 Å². The van der Waals surface area contributed by atoms with E-state index in [9.17, 15) is 0 Å². The Morgan fingerprint density at radius 3 is 1.97 bits per heavy atom. The number of hydrogen-bond acceptors (Lipinski definition) is 4. The molecule has 0 radical (unpaired) electrons. The van der Waals surface area contributed by atoms with E-state index >= 15 is 0 Å². The molecule has 7 aromatic rings. The van der Waals surface area contributed by atoms with Gasteiger partial charge in [-0.3, -0.25) is 0 Å². The van der Waals surface area contributed by atoms with E-state index in [2.05, 4.69) is 71.6 Å². The zero-order chi connectivity index (χ0) is 22.2. The number of thiophene rings is 1. The van der Waals surface area contributed by atoms with Crippen LogP contribution in [0.25, 0.3) is 42.1 Å². The lowest BCUT2D eigenvalue weighted by molar-refractivity contribution is 0.477. The summed E-state index contributed by atoms with van der Waals surface area (Å²) in [5.41, 5.74) is 5.11. The van der Waals surface area contributed by atoms with Crippen LogP contribution >= 0.6 is 11.3 Å². The van der Waals surface area contributed by atoms with Gasteiger partial charge in [0, 0.05) is 26.2 Å². The molecule has 4 heteroatoms. The van der Waals surface area contributed by atoms with Crippen molar-refractivity contribution in [2.24, 2.45) is 0 Å². The number of nitrogens with zero attached hydrogens (tertiary/aromatic N) is 1. The number of fused-ring (bicyclic) bond motifs is 9. The van der Waals surface area contributed by atoms with E-state index in [1.807, 2.05) is 47.7 Å². The Kier molecular flexibility index (Phi) is 3.54. The molecule has 0 aliphatic carbocycles. The summed E-state index contributed by atoms with van der Waals surface area (Å²) in [7, 11) is 0. The summed E-state index contributed by atoms with van der Waals surface area (Å²) >= 11 is 1.84. The molecule has 0 spiro atoms. The Labute approximate surface area is 199 Å². The van der Waals surface area contributed by atoms with Gasteiger partial charge in [-0.1, -0.05) is 54.6 Å². The molecule has 160 valence electrons. The minimum atomic E-state index is 0.863. The highest BCUT2D eigenvalue weighted by atomic mass is 32.1. The minimum Gasteiger partial charge on any atom is -0.456 e. The lowest BCUT2D eigenvalue weighted by Crippen LogP contribution is -2.15. The average Bonchev–Trinajstić information content (AvgIpc) is 3.45. The number of benzene rings is 5. The summed E-state index contributed by atoms with van der Waals surface area (Å²) in [4.78, 5) is 2.33. The number of anilines is 3. The molecule has 0 amide bonds. The van der Waals surface area contributed by atoms with Gasteiger partial charge in [0.05, 0.1) is 21.8 Å². The third kappa shape index (κ3) is 2.35. The Balaban J connectivity index is 1.49. The number of hydrogen-bond donors (Lipinski definition) is 0. The van der Waals surface area contributed by atoms with E-state index in [1.54, 1.807) is 0 Å². The monoisotopic (exact) mass is 455 g/mol. The molecule has 0 fully saturated rings. The van der Waals surface area contributed by atoms with Gasteiger partial charge in [-0.15, -0.1) is 11.3 Å². The highest BCUT2D eigenvalue weighted by molar-refractivity contribution is 7.27. The van der Waals surface area contributed by atoms with Crippen molar-refractivity contribution < 1.29 is 9.15 Å². The number of ether oxygens (including phenoxy) is 1. The van der Waals surface area contributed by atoms with Gasteiger partial charge in [0.1, 0.15) is 11.2 Å². The molecule has 1 aliphatic rings. The van der Waals surface area contributed by atoms with E-state index in [-0.39, 0.29) is 0 Å². The Bertz CT molecular complexity index is 1870. The van der Waals surface area contributed by atoms with Crippen LogP contribution in [-0.2, 0) is 0 Å². The van der Waals surface area contributed by atoms with Crippen LogP contribution < -0.4 is 9.64 Å². The minimum absolute atomic E-state index is 0.863. The normalized spacial score (nSPS) is 12.9. The Morgan fingerprint density at radius 1 is 0.500 bits per heavy atom. The van der Waals surface area contributed by atoms with Crippen molar-refractivity contribution in [3.05, 3.63) is 103 Å². The summed E-state index contributed by atoms with van der Waals surface area (Å²) in [5.74, 6) is 1.73. The zero-order valence-electron chi connectivity index (χ0n) is 18.0. The van der Waals surface area contributed by atoms with Crippen LogP contribution in [0.1, 0.15) is 0 Å². The van der Waals surface area contributed by atoms with Crippen LogP contribution in [0.2, 0.25) is 0 Å². The highest BCUT2D eigenvalue weighted by Crippen LogP contribution is 2.53. The number of rotatable bonds is 1. The van der Waals surface area contributed by atoms with Gasteiger partial charge in [0.25, 0.3) is 0 Å². The van der Waals surface area contributed by atoms with E-state index in [4.69, 9.17) is 9.15 Å². The Morgan fingerprint density at radius 2 is 1.15 bits per heavy atom. The molecule has 0 saturated heterocycles. The predicted octanol–water partition coefficient (Wildman–Crippen LogP) is 9.53.